The van der Waals surface area contributed by atoms with Crippen LogP contribution < -0.4 is 11.2 Å². The molecule has 1 aliphatic carbocycles. The van der Waals surface area contributed by atoms with E-state index in [1.54, 1.807) is 0 Å². The van der Waals surface area contributed by atoms with Gasteiger partial charge in [-0.05, 0) is 18.1 Å². The number of fused-ring (bicyclic) bond motifs is 3. The van der Waals surface area contributed by atoms with Crippen molar-refractivity contribution in [3.8, 4) is 0 Å². The monoisotopic (exact) mass is 319 g/mol. The summed E-state index contributed by atoms with van der Waals surface area (Å²) in [6, 6.07) is 10.0. The third-order valence-electron chi connectivity index (χ3n) is 4.41. The number of rotatable bonds is 2. The summed E-state index contributed by atoms with van der Waals surface area (Å²) < 4.78 is 3.13. The van der Waals surface area contributed by atoms with Crippen LogP contribution in [0.25, 0.3) is 23.2 Å². The average Bonchev–Trinajstić information content (AvgIpc) is 2.75. The number of H-pyrrole nitrogens is 1. The molecule has 24 heavy (non-hydrogen) atoms. The lowest BCUT2D eigenvalue weighted by molar-refractivity contribution is 0.768. The molecule has 0 radical (unpaired) electrons. The van der Waals surface area contributed by atoms with E-state index < -0.39 is 5.69 Å². The smallest absolute Gasteiger partial charge is 0.322 e. The molecule has 0 fully saturated rings. The second kappa shape index (κ2) is 5.53. The first kappa shape index (κ1) is 14.5. The molecule has 3 aromatic rings. The summed E-state index contributed by atoms with van der Waals surface area (Å²) in [7, 11) is 1.50. The van der Waals surface area contributed by atoms with Crippen LogP contribution in [0.15, 0.2) is 52.1 Å². The molecular formula is C19H17N3O2. The van der Waals surface area contributed by atoms with Gasteiger partial charge in [0.2, 0.25) is 0 Å². The minimum absolute atomic E-state index is 0.267. The highest BCUT2D eigenvalue weighted by Crippen LogP contribution is 2.27. The standard InChI is InChI=1S/C19H17N3O2/c1-21-18(23)16-14-10-6-3-7-11-15(14)22(17(16)20-19(21)24)12-13-8-4-2-5-9-13/h2,4-11H,3,12H2,1H3,(H,20,24). The maximum Gasteiger partial charge on any atom is 0.329 e. The normalized spacial score (nSPS) is 13.2. The lowest BCUT2D eigenvalue weighted by Crippen LogP contribution is -2.32. The third-order valence-corrected chi connectivity index (χ3v) is 4.41. The summed E-state index contributed by atoms with van der Waals surface area (Å²) in [5.41, 5.74) is 2.83. The van der Waals surface area contributed by atoms with Crippen LogP contribution in [0.4, 0.5) is 0 Å². The van der Waals surface area contributed by atoms with Crippen LogP contribution >= 0.6 is 0 Å². The van der Waals surface area contributed by atoms with Gasteiger partial charge in [-0.25, -0.2) is 4.79 Å². The van der Waals surface area contributed by atoms with E-state index in [1.807, 2.05) is 53.1 Å². The largest absolute Gasteiger partial charge is 0.329 e. The van der Waals surface area contributed by atoms with E-state index >= 15 is 0 Å². The van der Waals surface area contributed by atoms with E-state index in [9.17, 15) is 9.59 Å². The van der Waals surface area contributed by atoms with Crippen LogP contribution in [0.1, 0.15) is 23.2 Å². The summed E-state index contributed by atoms with van der Waals surface area (Å²) in [5.74, 6) is 0. The molecule has 0 atom stereocenters. The van der Waals surface area contributed by atoms with E-state index in [2.05, 4.69) is 11.1 Å². The van der Waals surface area contributed by atoms with Crippen molar-refractivity contribution in [3.63, 3.8) is 0 Å². The number of aromatic amines is 1. The number of aromatic nitrogens is 3. The highest BCUT2D eigenvalue weighted by atomic mass is 16.2. The number of benzene rings is 1. The molecular weight excluding hydrogens is 302 g/mol. The van der Waals surface area contributed by atoms with Crippen molar-refractivity contribution in [2.24, 2.45) is 7.05 Å². The fourth-order valence-corrected chi connectivity index (χ4v) is 3.17. The van der Waals surface area contributed by atoms with Gasteiger partial charge >= 0.3 is 5.69 Å². The number of nitrogens with one attached hydrogen (secondary N) is 1. The Balaban J connectivity index is 2.09. The Morgan fingerprint density at radius 1 is 1.08 bits per heavy atom. The van der Waals surface area contributed by atoms with Crippen LogP contribution in [0.3, 0.4) is 0 Å². The maximum atomic E-state index is 12.7. The average molecular weight is 319 g/mol. The lowest BCUT2D eigenvalue weighted by atomic mass is 10.1. The van der Waals surface area contributed by atoms with Gasteiger partial charge in [-0.15, -0.1) is 0 Å². The first-order valence-corrected chi connectivity index (χ1v) is 7.89. The molecule has 0 saturated heterocycles. The quantitative estimate of drug-likeness (QED) is 0.789. The molecule has 0 spiro atoms. The summed E-state index contributed by atoms with van der Waals surface area (Å²) in [6.45, 7) is 0.591. The highest BCUT2D eigenvalue weighted by Gasteiger charge is 2.19. The van der Waals surface area contributed by atoms with Crippen LogP contribution in [0.5, 0.6) is 0 Å². The van der Waals surface area contributed by atoms with Gasteiger partial charge in [0.15, 0.2) is 0 Å². The molecule has 2 aromatic heterocycles. The Hall–Kier alpha value is -3.08. The zero-order chi connectivity index (χ0) is 16.7. The van der Waals surface area contributed by atoms with Crippen LogP contribution in [0, 0.1) is 0 Å². The first-order chi connectivity index (χ1) is 11.7. The number of hydrogen-bond acceptors (Lipinski definition) is 2. The Morgan fingerprint density at radius 3 is 2.62 bits per heavy atom. The summed E-state index contributed by atoms with van der Waals surface area (Å²) in [4.78, 5) is 27.6. The van der Waals surface area contributed by atoms with Crippen molar-refractivity contribution < 1.29 is 0 Å². The lowest BCUT2D eigenvalue weighted by Gasteiger charge is -2.09. The second-order valence-corrected chi connectivity index (χ2v) is 5.93. The molecule has 0 aliphatic heterocycles. The Morgan fingerprint density at radius 2 is 1.83 bits per heavy atom. The van der Waals surface area contributed by atoms with E-state index in [4.69, 9.17) is 0 Å². The van der Waals surface area contributed by atoms with Crippen LogP contribution in [-0.4, -0.2) is 14.1 Å². The predicted molar refractivity (Wildman–Crippen MR) is 96.0 cm³/mol. The topological polar surface area (TPSA) is 59.8 Å². The number of nitrogens with zero attached hydrogens (tertiary/aromatic N) is 2. The summed E-state index contributed by atoms with van der Waals surface area (Å²) >= 11 is 0. The molecule has 0 saturated carbocycles. The fourth-order valence-electron chi connectivity index (χ4n) is 3.17. The molecule has 1 aliphatic rings. The van der Waals surface area contributed by atoms with E-state index in [0.717, 1.165) is 27.8 Å². The number of allylic oxidation sites excluding steroid dienone is 2. The molecule has 0 amide bonds. The molecule has 1 N–H and O–H groups in total. The second-order valence-electron chi connectivity index (χ2n) is 5.93. The Labute approximate surface area is 138 Å². The third kappa shape index (κ3) is 2.17. The van der Waals surface area contributed by atoms with Crippen LogP contribution in [0.2, 0.25) is 0 Å². The van der Waals surface area contributed by atoms with Crippen molar-refractivity contribution in [1.82, 2.24) is 14.1 Å². The van der Waals surface area contributed by atoms with Gasteiger partial charge in [0, 0.05) is 19.2 Å². The molecule has 4 rings (SSSR count). The zero-order valence-corrected chi connectivity index (χ0v) is 13.3. The first-order valence-electron chi connectivity index (χ1n) is 7.89. The molecule has 120 valence electrons. The van der Waals surface area contributed by atoms with Gasteiger partial charge in [-0.2, -0.15) is 0 Å². The SMILES string of the molecule is Cn1c(=O)[nH]c2c(c3c(n2Cc2ccccc2)C=CCC=C3)c1=O. The van der Waals surface area contributed by atoms with Gasteiger partial charge in [0.25, 0.3) is 5.56 Å². The van der Waals surface area contributed by atoms with E-state index in [-0.39, 0.29) is 5.56 Å². The summed E-state index contributed by atoms with van der Waals surface area (Å²) in [5, 5.41) is 0.561. The van der Waals surface area contributed by atoms with Crippen molar-refractivity contribution in [3.05, 3.63) is 80.1 Å². The fraction of sp³-hybridized carbons (Fsp3) is 0.158. The summed E-state index contributed by atoms with van der Waals surface area (Å²) in [6.07, 6.45) is 8.91. The van der Waals surface area contributed by atoms with E-state index in [0.29, 0.717) is 17.6 Å². The van der Waals surface area contributed by atoms with Gasteiger partial charge < -0.3 is 4.57 Å². The molecule has 2 heterocycles. The zero-order valence-electron chi connectivity index (χ0n) is 13.3. The molecule has 0 bridgehead atoms. The highest BCUT2D eigenvalue weighted by molar-refractivity contribution is 5.91. The molecule has 0 unspecified atom stereocenters. The van der Waals surface area contributed by atoms with Crippen molar-refractivity contribution in [2.45, 2.75) is 13.0 Å². The van der Waals surface area contributed by atoms with Crippen molar-refractivity contribution in [1.29, 1.82) is 0 Å². The predicted octanol–water partition coefficient (Wildman–Crippen LogP) is 2.51. The maximum absolute atomic E-state index is 12.7. The minimum Gasteiger partial charge on any atom is -0.322 e. The minimum atomic E-state index is -0.401. The Kier molecular flexibility index (Phi) is 3.34. The van der Waals surface area contributed by atoms with Gasteiger partial charge in [-0.3, -0.25) is 14.3 Å². The van der Waals surface area contributed by atoms with Gasteiger partial charge in [0.05, 0.1) is 11.1 Å². The Bertz CT molecular complexity index is 1100. The molecule has 5 heteroatoms. The van der Waals surface area contributed by atoms with Gasteiger partial charge in [-0.1, -0.05) is 48.6 Å². The molecule has 5 nitrogen and oxygen atoms in total. The number of hydrogen-bond donors (Lipinski definition) is 1. The van der Waals surface area contributed by atoms with Gasteiger partial charge in [0.1, 0.15) is 5.65 Å². The molecule has 1 aromatic carbocycles. The van der Waals surface area contributed by atoms with Crippen LogP contribution in [-0.2, 0) is 13.6 Å². The van der Waals surface area contributed by atoms with Crippen molar-refractivity contribution >= 4 is 23.2 Å². The van der Waals surface area contributed by atoms with E-state index in [1.165, 1.54) is 7.05 Å². The van der Waals surface area contributed by atoms with Crippen molar-refractivity contribution in [2.75, 3.05) is 0 Å².